The molecule has 0 radical (unpaired) electrons. The number of rotatable bonds is 6. The minimum absolute atomic E-state index is 0.0788. The summed E-state index contributed by atoms with van der Waals surface area (Å²) in [5.41, 5.74) is 9.83. The Labute approximate surface area is 310 Å². The number of allylic oxidation sites excluding steroid dienone is 2. The van der Waals surface area contributed by atoms with Crippen molar-refractivity contribution in [1.29, 1.82) is 0 Å². The third-order valence-corrected chi connectivity index (χ3v) is 21.0. The molecule has 1 nitrogen and oxygen atoms in total. The van der Waals surface area contributed by atoms with Gasteiger partial charge in [-0.2, -0.15) is 12.6 Å². The Morgan fingerprint density at radius 2 is 1.40 bits per heavy atom. The van der Waals surface area contributed by atoms with Gasteiger partial charge >= 0.3 is 0 Å². The number of hydrogen-bond acceptors (Lipinski definition) is 2. The van der Waals surface area contributed by atoms with Crippen LogP contribution in [-0.4, -0.2) is 26.5 Å². The van der Waals surface area contributed by atoms with E-state index in [1.54, 1.807) is 10.6 Å². The Morgan fingerprint density at radius 3 is 2.08 bits per heavy atom. The van der Waals surface area contributed by atoms with Gasteiger partial charge in [-0.25, -0.2) is 0 Å². The molecule has 4 aromatic rings. The van der Waals surface area contributed by atoms with E-state index in [4.69, 9.17) is 18.4 Å². The zero-order valence-corrected chi connectivity index (χ0v) is 34.3. The van der Waals surface area contributed by atoms with Crippen LogP contribution in [0.2, 0.25) is 0 Å². The molecule has 2 N–H and O–H groups in total. The van der Waals surface area contributed by atoms with Gasteiger partial charge in [0, 0.05) is 16.4 Å². The maximum absolute atomic E-state index is 7.70. The molecule has 0 amide bonds. The quantitative estimate of drug-likeness (QED) is 0.116. The van der Waals surface area contributed by atoms with Crippen molar-refractivity contribution in [3.63, 3.8) is 0 Å². The number of thiol groups is 1. The van der Waals surface area contributed by atoms with Gasteiger partial charge in [-0.05, 0) is 130 Å². The maximum Gasteiger partial charge on any atom is 0.0286 e. The first-order chi connectivity index (χ1) is 23.7. The summed E-state index contributed by atoms with van der Waals surface area (Å²) in [5, 5.41) is 9.36. The molecule has 0 heterocycles. The fourth-order valence-corrected chi connectivity index (χ4v) is 20.8. The first kappa shape index (κ1) is 35.3. The van der Waals surface area contributed by atoms with Crippen LogP contribution in [-0.2, 0) is 0 Å². The SMILES string of the molecule is CC1C2CC(C3CC2CC3P(c2cccc3ccccc23)c2cccc3cccc(C4C=CCC4(C)S)c23)C1C(N)P(C(C)(C)C)C(C)(C)C. The number of benzene rings is 4. The van der Waals surface area contributed by atoms with Gasteiger partial charge in [0.25, 0.3) is 0 Å². The van der Waals surface area contributed by atoms with Gasteiger partial charge in [-0.1, -0.05) is 147 Å². The van der Waals surface area contributed by atoms with Crippen molar-refractivity contribution in [3.8, 4) is 0 Å². The van der Waals surface area contributed by atoms with E-state index in [-0.39, 0.29) is 28.8 Å². The van der Waals surface area contributed by atoms with Crippen molar-refractivity contribution in [1.82, 2.24) is 0 Å². The van der Waals surface area contributed by atoms with Gasteiger partial charge in [0.05, 0.1) is 0 Å². The van der Waals surface area contributed by atoms with Crippen LogP contribution in [0.5, 0.6) is 0 Å². The highest BCUT2D eigenvalue weighted by Gasteiger charge is 2.61. The molecule has 8 rings (SSSR count). The highest BCUT2D eigenvalue weighted by molar-refractivity contribution is 7.81. The Hall–Kier alpha value is -1.69. The molecule has 0 saturated heterocycles. The predicted molar refractivity (Wildman–Crippen MR) is 227 cm³/mol. The lowest BCUT2D eigenvalue weighted by Crippen LogP contribution is -2.45. The van der Waals surface area contributed by atoms with Crippen molar-refractivity contribution in [2.24, 2.45) is 41.2 Å². The first-order valence-corrected chi connectivity index (χ1v) is 22.7. The zero-order valence-electron chi connectivity index (χ0n) is 31.6. The number of fused-ring (bicyclic) bond motifs is 8. The van der Waals surface area contributed by atoms with Gasteiger partial charge in [0.15, 0.2) is 0 Å². The van der Waals surface area contributed by atoms with Crippen LogP contribution >= 0.6 is 28.5 Å². The molecule has 4 aromatic carbocycles. The second-order valence-corrected chi connectivity index (χ2v) is 26.1. The second-order valence-electron chi connectivity index (χ2n) is 18.7. The van der Waals surface area contributed by atoms with E-state index in [0.29, 0.717) is 17.5 Å². The highest BCUT2D eigenvalue weighted by atomic mass is 32.1. The molecule has 4 aliphatic carbocycles. The van der Waals surface area contributed by atoms with Crippen LogP contribution in [0.25, 0.3) is 21.5 Å². The van der Waals surface area contributed by atoms with Crippen molar-refractivity contribution < 1.29 is 0 Å². The van der Waals surface area contributed by atoms with E-state index in [2.05, 4.69) is 146 Å². The lowest BCUT2D eigenvalue weighted by Gasteiger charge is -2.49. The number of hydrogen-bond donors (Lipinski definition) is 2. The summed E-state index contributed by atoms with van der Waals surface area (Å²) in [6.07, 6.45) is 9.98. The van der Waals surface area contributed by atoms with Crippen molar-refractivity contribution in [3.05, 3.63) is 96.6 Å². The van der Waals surface area contributed by atoms with Crippen LogP contribution in [0.15, 0.2) is 91.0 Å². The van der Waals surface area contributed by atoms with Crippen LogP contribution in [0.3, 0.4) is 0 Å². The Bertz CT molecular complexity index is 1910. The van der Waals surface area contributed by atoms with Crippen LogP contribution in [0.4, 0.5) is 0 Å². The second kappa shape index (κ2) is 12.7. The Morgan fingerprint density at radius 1 is 0.760 bits per heavy atom. The molecule has 4 bridgehead atoms. The molecular formula is C46H59NP2S. The Kier molecular flexibility index (Phi) is 8.99. The molecule has 0 aromatic heterocycles. The molecule has 3 saturated carbocycles. The van der Waals surface area contributed by atoms with Crippen LogP contribution in [0, 0.1) is 35.5 Å². The zero-order chi connectivity index (χ0) is 35.3. The smallest absolute Gasteiger partial charge is 0.0286 e. The van der Waals surface area contributed by atoms with E-state index < -0.39 is 7.92 Å². The molecular weight excluding hydrogens is 661 g/mol. The molecule has 4 aliphatic rings. The van der Waals surface area contributed by atoms with E-state index in [9.17, 15) is 0 Å². The fourth-order valence-electron chi connectivity index (χ4n) is 12.2. The van der Waals surface area contributed by atoms with E-state index in [0.717, 1.165) is 36.0 Å². The van der Waals surface area contributed by atoms with Crippen LogP contribution < -0.4 is 16.3 Å². The fraction of sp³-hybridized carbons (Fsp3) is 0.522. The van der Waals surface area contributed by atoms with E-state index in [1.807, 2.05) is 0 Å². The highest BCUT2D eigenvalue weighted by Crippen LogP contribution is 2.71. The van der Waals surface area contributed by atoms with Crippen molar-refractivity contribution in [2.45, 2.75) is 113 Å². The monoisotopic (exact) mass is 719 g/mol. The summed E-state index contributed by atoms with van der Waals surface area (Å²) in [6.45, 7) is 19.8. The summed E-state index contributed by atoms with van der Waals surface area (Å²) < 4.78 is -0.0788. The summed E-state index contributed by atoms with van der Waals surface area (Å²) in [4.78, 5) is 0. The van der Waals surface area contributed by atoms with E-state index in [1.165, 1.54) is 46.4 Å². The van der Waals surface area contributed by atoms with Gasteiger partial charge in [-0.15, -0.1) is 0 Å². The normalized spacial score (nSPS) is 33.5. The van der Waals surface area contributed by atoms with Crippen molar-refractivity contribution >= 4 is 60.6 Å². The molecule has 50 heavy (non-hydrogen) atoms. The largest absolute Gasteiger partial charge is 0.324 e. The van der Waals surface area contributed by atoms with Gasteiger partial charge < -0.3 is 5.73 Å². The van der Waals surface area contributed by atoms with Crippen molar-refractivity contribution in [2.75, 3.05) is 0 Å². The summed E-state index contributed by atoms with van der Waals surface area (Å²) in [6, 6.07) is 30.7. The molecule has 4 heteroatoms. The molecule has 264 valence electrons. The minimum Gasteiger partial charge on any atom is -0.324 e. The minimum atomic E-state index is -0.654. The van der Waals surface area contributed by atoms with Gasteiger partial charge in [0.1, 0.15) is 0 Å². The van der Waals surface area contributed by atoms with Gasteiger partial charge in [-0.3, -0.25) is 0 Å². The average Bonchev–Trinajstić information content (AvgIpc) is 3.68. The maximum atomic E-state index is 7.70. The molecule has 0 spiro atoms. The summed E-state index contributed by atoms with van der Waals surface area (Å²) >= 11 is 5.28. The average molecular weight is 720 g/mol. The lowest BCUT2D eigenvalue weighted by atomic mass is 9.78. The molecule has 0 aliphatic heterocycles. The van der Waals surface area contributed by atoms with Gasteiger partial charge in [0.2, 0.25) is 0 Å². The molecule has 11 unspecified atom stereocenters. The van der Waals surface area contributed by atoms with E-state index >= 15 is 0 Å². The lowest BCUT2D eigenvalue weighted by molar-refractivity contribution is 0.221. The molecule has 11 atom stereocenters. The first-order valence-electron chi connectivity index (χ1n) is 19.4. The third-order valence-electron chi connectivity index (χ3n) is 13.6. The summed E-state index contributed by atoms with van der Waals surface area (Å²) in [5.74, 6) is 4.99. The third kappa shape index (κ3) is 5.77. The number of nitrogens with two attached hydrogens (primary N) is 1. The topological polar surface area (TPSA) is 26.0 Å². The summed E-state index contributed by atoms with van der Waals surface area (Å²) in [7, 11) is -1.04. The standard InChI is InChI=1S/C46H59NP2S/c1-28-34-27-36(41(28)43(47)49(44(2,3)4)45(5,6)7)35-25-31(34)26-40(35)48(38-22-12-16-29-15-9-10-19-32(29)38)39-23-13-18-30-17-11-20-33(42(30)39)37-21-14-24-46(37,8)50/h9-23,28,31,34-37,40-41,43,50H,24-27,47H2,1-8H3. The molecule has 3 fully saturated rings. The van der Waals surface area contributed by atoms with Crippen LogP contribution in [0.1, 0.15) is 92.6 Å². The predicted octanol–water partition coefficient (Wildman–Crippen LogP) is 11.8. The Balaban J connectivity index is 1.31.